The van der Waals surface area contributed by atoms with E-state index in [1.54, 1.807) is 6.07 Å². The normalized spacial score (nSPS) is 12.1. The van der Waals surface area contributed by atoms with Gasteiger partial charge >= 0.3 is 0 Å². The molecule has 4 nitrogen and oxygen atoms in total. The summed E-state index contributed by atoms with van der Waals surface area (Å²) in [6, 6.07) is 4.04. The largest absolute Gasteiger partial charge is 0.310 e. The van der Waals surface area contributed by atoms with Crippen LogP contribution >= 0.6 is 0 Å². The summed E-state index contributed by atoms with van der Waals surface area (Å²) >= 11 is 0. The molecular formula is C13H22N2O2S. The highest BCUT2D eigenvalue weighted by Crippen LogP contribution is 2.20. The SMILES string of the molecule is CNS(=O)(=O)c1cc(CNC(C)C)c(C)cc1C. The Morgan fingerprint density at radius 3 is 2.28 bits per heavy atom. The Hall–Kier alpha value is -0.910. The Labute approximate surface area is 110 Å². The van der Waals surface area contributed by atoms with Crippen molar-refractivity contribution in [2.75, 3.05) is 7.05 Å². The fourth-order valence-corrected chi connectivity index (χ4v) is 2.78. The second kappa shape index (κ2) is 5.82. The lowest BCUT2D eigenvalue weighted by Crippen LogP contribution is -2.24. The molecule has 102 valence electrons. The van der Waals surface area contributed by atoms with Crippen molar-refractivity contribution in [3.8, 4) is 0 Å². The number of nitrogens with one attached hydrogen (secondary N) is 2. The summed E-state index contributed by atoms with van der Waals surface area (Å²) in [5, 5.41) is 3.30. The van der Waals surface area contributed by atoms with Gasteiger partial charge in [-0.25, -0.2) is 13.1 Å². The van der Waals surface area contributed by atoms with E-state index in [4.69, 9.17) is 0 Å². The molecule has 0 aliphatic carbocycles. The zero-order chi connectivity index (χ0) is 13.9. The lowest BCUT2D eigenvalue weighted by molar-refractivity contribution is 0.582. The van der Waals surface area contributed by atoms with Crippen molar-refractivity contribution in [3.05, 3.63) is 28.8 Å². The molecule has 0 atom stereocenters. The van der Waals surface area contributed by atoms with Gasteiger partial charge in [-0.3, -0.25) is 0 Å². The van der Waals surface area contributed by atoms with Gasteiger partial charge in [-0.15, -0.1) is 0 Å². The van der Waals surface area contributed by atoms with Crippen LogP contribution in [0, 0.1) is 13.8 Å². The van der Waals surface area contributed by atoms with Crippen LogP contribution in [-0.4, -0.2) is 21.5 Å². The summed E-state index contributed by atoms with van der Waals surface area (Å²) in [5.74, 6) is 0. The van der Waals surface area contributed by atoms with Crippen molar-refractivity contribution in [2.45, 2.75) is 45.2 Å². The quantitative estimate of drug-likeness (QED) is 0.856. The average molecular weight is 270 g/mol. The summed E-state index contributed by atoms with van der Waals surface area (Å²) in [5.41, 5.74) is 2.90. The lowest BCUT2D eigenvalue weighted by atomic mass is 10.1. The van der Waals surface area contributed by atoms with Crippen molar-refractivity contribution < 1.29 is 8.42 Å². The number of hydrogen-bond donors (Lipinski definition) is 2. The van der Waals surface area contributed by atoms with E-state index in [0.717, 1.165) is 16.7 Å². The predicted molar refractivity (Wildman–Crippen MR) is 74.1 cm³/mol. The first-order valence-electron chi connectivity index (χ1n) is 6.05. The second-order valence-corrected chi connectivity index (χ2v) is 6.64. The van der Waals surface area contributed by atoms with Crippen LogP contribution in [0.25, 0.3) is 0 Å². The Kier molecular flexibility index (Phi) is 4.90. The van der Waals surface area contributed by atoms with Crippen LogP contribution in [0.5, 0.6) is 0 Å². The minimum absolute atomic E-state index is 0.358. The molecular weight excluding hydrogens is 248 g/mol. The average Bonchev–Trinajstić information content (AvgIpc) is 2.27. The summed E-state index contributed by atoms with van der Waals surface area (Å²) in [6.45, 7) is 8.62. The molecule has 0 aromatic heterocycles. The summed E-state index contributed by atoms with van der Waals surface area (Å²) in [7, 11) is -1.95. The van der Waals surface area contributed by atoms with Gasteiger partial charge in [-0.2, -0.15) is 0 Å². The standard InChI is InChI=1S/C13H22N2O2S/c1-9(2)15-8-12-7-13(18(16,17)14-5)11(4)6-10(12)3/h6-7,9,14-15H,8H2,1-5H3. The number of benzene rings is 1. The van der Waals surface area contributed by atoms with Gasteiger partial charge < -0.3 is 5.32 Å². The van der Waals surface area contributed by atoms with E-state index in [1.807, 2.05) is 19.9 Å². The van der Waals surface area contributed by atoms with Crippen molar-refractivity contribution in [3.63, 3.8) is 0 Å². The molecule has 0 amide bonds. The van der Waals surface area contributed by atoms with Crippen LogP contribution in [0.1, 0.15) is 30.5 Å². The van der Waals surface area contributed by atoms with E-state index in [-0.39, 0.29) is 0 Å². The summed E-state index contributed by atoms with van der Waals surface area (Å²) in [4.78, 5) is 0.358. The molecule has 0 aliphatic heterocycles. The summed E-state index contributed by atoms with van der Waals surface area (Å²) in [6.07, 6.45) is 0. The molecule has 5 heteroatoms. The van der Waals surface area contributed by atoms with Gasteiger partial charge in [-0.1, -0.05) is 19.9 Å². The van der Waals surface area contributed by atoms with Gasteiger partial charge in [0.05, 0.1) is 4.90 Å². The Morgan fingerprint density at radius 1 is 1.17 bits per heavy atom. The molecule has 0 spiro atoms. The van der Waals surface area contributed by atoms with E-state index < -0.39 is 10.0 Å². The van der Waals surface area contributed by atoms with E-state index >= 15 is 0 Å². The van der Waals surface area contributed by atoms with Gasteiger partial charge in [-0.05, 0) is 43.7 Å². The fourth-order valence-electron chi connectivity index (χ4n) is 1.78. The van der Waals surface area contributed by atoms with Crippen LogP contribution in [0.15, 0.2) is 17.0 Å². The molecule has 1 aromatic rings. The molecule has 0 saturated carbocycles. The number of hydrogen-bond acceptors (Lipinski definition) is 3. The van der Waals surface area contributed by atoms with E-state index in [1.165, 1.54) is 7.05 Å². The molecule has 0 saturated heterocycles. The number of aryl methyl sites for hydroxylation is 2. The van der Waals surface area contributed by atoms with E-state index in [2.05, 4.69) is 23.9 Å². The molecule has 18 heavy (non-hydrogen) atoms. The minimum Gasteiger partial charge on any atom is -0.310 e. The first kappa shape index (κ1) is 15.1. The molecule has 1 aromatic carbocycles. The smallest absolute Gasteiger partial charge is 0.240 e. The maximum absolute atomic E-state index is 11.9. The Balaban J connectivity index is 3.19. The molecule has 0 bridgehead atoms. The van der Waals surface area contributed by atoms with Gasteiger partial charge in [0.15, 0.2) is 0 Å². The van der Waals surface area contributed by atoms with Gasteiger partial charge in [0, 0.05) is 12.6 Å². The van der Waals surface area contributed by atoms with E-state index in [9.17, 15) is 8.42 Å². The molecule has 0 heterocycles. The lowest BCUT2D eigenvalue weighted by Gasteiger charge is -2.14. The highest BCUT2D eigenvalue weighted by atomic mass is 32.2. The summed E-state index contributed by atoms with van der Waals surface area (Å²) < 4.78 is 26.1. The Bertz CT molecular complexity index is 522. The highest BCUT2D eigenvalue weighted by molar-refractivity contribution is 7.89. The maximum Gasteiger partial charge on any atom is 0.240 e. The van der Waals surface area contributed by atoms with Gasteiger partial charge in [0.25, 0.3) is 0 Å². The van der Waals surface area contributed by atoms with Gasteiger partial charge in [0.2, 0.25) is 10.0 Å². The number of rotatable bonds is 5. The topological polar surface area (TPSA) is 58.2 Å². The van der Waals surface area contributed by atoms with Gasteiger partial charge in [0.1, 0.15) is 0 Å². The maximum atomic E-state index is 11.9. The minimum atomic E-state index is -3.38. The molecule has 0 fully saturated rings. The molecule has 1 rings (SSSR count). The first-order valence-corrected chi connectivity index (χ1v) is 7.53. The van der Waals surface area contributed by atoms with Crippen molar-refractivity contribution >= 4 is 10.0 Å². The van der Waals surface area contributed by atoms with Crippen molar-refractivity contribution in [1.82, 2.24) is 10.0 Å². The number of sulfonamides is 1. The highest BCUT2D eigenvalue weighted by Gasteiger charge is 2.16. The first-order chi connectivity index (χ1) is 8.27. The third kappa shape index (κ3) is 3.54. The third-order valence-corrected chi connectivity index (χ3v) is 4.45. The molecule has 0 aliphatic rings. The van der Waals surface area contributed by atoms with Crippen molar-refractivity contribution in [2.24, 2.45) is 0 Å². The zero-order valence-corrected chi connectivity index (χ0v) is 12.5. The third-order valence-electron chi connectivity index (χ3n) is 2.89. The fraction of sp³-hybridized carbons (Fsp3) is 0.538. The molecule has 2 N–H and O–H groups in total. The van der Waals surface area contributed by atoms with Crippen LogP contribution in [0.4, 0.5) is 0 Å². The molecule has 0 radical (unpaired) electrons. The van der Waals surface area contributed by atoms with Crippen LogP contribution < -0.4 is 10.0 Å². The monoisotopic (exact) mass is 270 g/mol. The van der Waals surface area contributed by atoms with Crippen molar-refractivity contribution in [1.29, 1.82) is 0 Å². The molecule has 0 unspecified atom stereocenters. The second-order valence-electron chi connectivity index (χ2n) is 4.79. The zero-order valence-electron chi connectivity index (χ0n) is 11.7. The van der Waals surface area contributed by atoms with Crippen LogP contribution in [0.2, 0.25) is 0 Å². The Morgan fingerprint density at radius 2 is 1.78 bits per heavy atom. The van der Waals surface area contributed by atoms with Crippen LogP contribution in [-0.2, 0) is 16.6 Å². The predicted octanol–water partition coefficient (Wildman–Crippen LogP) is 1.71. The van der Waals surface area contributed by atoms with E-state index in [0.29, 0.717) is 17.5 Å². The van der Waals surface area contributed by atoms with Crippen LogP contribution in [0.3, 0.4) is 0 Å².